The van der Waals surface area contributed by atoms with Crippen molar-refractivity contribution < 1.29 is 37.6 Å². The van der Waals surface area contributed by atoms with Gasteiger partial charge in [0.15, 0.2) is 5.69 Å². The summed E-state index contributed by atoms with van der Waals surface area (Å²) >= 11 is 0. The molecule has 0 radical (unpaired) electrons. The van der Waals surface area contributed by atoms with Crippen LogP contribution in [0.4, 0.5) is 4.39 Å². The van der Waals surface area contributed by atoms with E-state index in [0.717, 1.165) is 12.8 Å². The number of aldehydes is 1. The SMILES string of the molecule is Cc1cc(C(=O)NC2CC=CCCCOC3CCN(C3)C(=O)CCC(C=O)NC(=O)C(Cc3ccc(F)cc3)NC2=O)no1. The Labute approximate surface area is 254 Å². The molecule has 2 aliphatic rings. The topological polar surface area (TPSA) is 160 Å². The Morgan fingerprint density at radius 3 is 2.66 bits per heavy atom. The number of carbonyl (C=O) groups is 5. The van der Waals surface area contributed by atoms with E-state index in [1.807, 2.05) is 6.08 Å². The van der Waals surface area contributed by atoms with E-state index in [1.54, 1.807) is 17.9 Å². The first kappa shape index (κ1) is 32.5. The van der Waals surface area contributed by atoms with Crippen LogP contribution < -0.4 is 16.0 Å². The first-order valence-electron chi connectivity index (χ1n) is 14.8. The predicted octanol–water partition coefficient (Wildman–Crippen LogP) is 1.77. The number of fused-ring (bicyclic) bond motifs is 2. The summed E-state index contributed by atoms with van der Waals surface area (Å²) in [6.07, 6.45) is 6.49. The molecule has 13 heteroatoms. The molecule has 0 aliphatic carbocycles. The molecule has 4 unspecified atom stereocenters. The smallest absolute Gasteiger partial charge is 0.274 e. The highest BCUT2D eigenvalue weighted by atomic mass is 19.1. The van der Waals surface area contributed by atoms with Gasteiger partial charge >= 0.3 is 0 Å². The lowest BCUT2D eigenvalue weighted by molar-refractivity contribution is -0.132. The molecule has 12 nitrogen and oxygen atoms in total. The Kier molecular flexibility index (Phi) is 11.8. The third-order valence-corrected chi connectivity index (χ3v) is 7.53. The molecule has 1 aromatic carbocycles. The highest BCUT2D eigenvalue weighted by Crippen LogP contribution is 2.16. The number of hydrogen-bond donors (Lipinski definition) is 3. The first-order valence-corrected chi connectivity index (χ1v) is 14.8. The van der Waals surface area contributed by atoms with Crippen molar-refractivity contribution in [1.29, 1.82) is 0 Å². The van der Waals surface area contributed by atoms with Crippen molar-refractivity contribution in [3.05, 3.63) is 65.3 Å². The van der Waals surface area contributed by atoms with Crippen molar-refractivity contribution in [1.82, 2.24) is 26.0 Å². The largest absolute Gasteiger partial charge is 0.376 e. The zero-order chi connectivity index (χ0) is 31.5. The fourth-order valence-electron chi connectivity index (χ4n) is 5.06. The van der Waals surface area contributed by atoms with Gasteiger partial charge in [0.2, 0.25) is 17.7 Å². The number of nitrogens with zero attached hydrogens (tertiary/aromatic N) is 2. The number of allylic oxidation sites excluding steroid dienone is 1. The predicted molar refractivity (Wildman–Crippen MR) is 156 cm³/mol. The number of amides is 4. The van der Waals surface area contributed by atoms with Crippen LogP contribution in [0.5, 0.6) is 0 Å². The number of benzene rings is 1. The summed E-state index contributed by atoms with van der Waals surface area (Å²) in [5.74, 6) is -2.11. The van der Waals surface area contributed by atoms with Gasteiger partial charge in [0.25, 0.3) is 5.91 Å². The van der Waals surface area contributed by atoms with E-state index in [9.17, 15) is 28.4 Å². The number of aryl methyl sites for hydroxylation is 1. The number of aromatic nitrogens is 1. The molecule has 1 aromatic heterocycles. The lowest BCUT2D eigenvalue weighted by Crippen LogP contribution is -2.55. The van der Waals surface area contributed by atoms with Crippen LogP contribution in [0.25, 0.3) is 0 Å². The fourth-order valence-corrected chi connectivity index (χ4v) is 5.06. The monoisotopic (exact) mass is 611 g/mol. The van der Waals surface area contributed by atoms with Crippen LogP contribution in [-0.2, 0) is 30.3 Å². The van der Waals surface area contributed by atoms with Gasteiger partial charge in [-0.05, 0) is 56.7 Å². The van der Waals surface area contributed by atoms with Crippen molar-refractivity contribution in [3.8, 4) is 0 Å². The van der Waals surface area contributed by atoms with E-state index in [1.165, 1.54) is 30.3 Å². The second-order valence-electron chi connectivity index (χ2n) is 11.0. The molecule has 2 aliphatic heterocycles. The number of rotatable bonds is 5. The Bertz CT molecular complexity index is 1350. The standard InChI is InChI=1S/C31H38FN5O7/c1-20-16-27(36-44-20)31(42)34-25-6-4-2-3-5-15-43-24-13-14-37(18-24)28(39)12-11-23(19-38)33-30(41)26(35-29(25)40)17-21-7-9-22(32)10-8-21/h2,4,7-10,16,19,23-26H,3,5-6,11-15,17-18H2,1H3,(H,33,41)(H,34,42)(H,35,40). The van der Waals surface area contributed by atoms with Crippen molar-refractivity contribution >= 4 is 29.9 Å². The number of hydrogen-bond acceptors (Lipinski definition) is 8. The van der Waals surface area contributed by atoms with E-state index in [4.69, 9.17) is 9.26 Å². The number of nitrogens with one attached hydrogen (secondary N) is 3. The lowest BCUT2D eigenvalue weighted by atomic mass is 10.0. The minimum absolute atomic E-state index is 0.00248. The molecule has 236 valence electrons. The molecule has 0 saturated carbocycles. The highest BCUT2D eigenvalue weighted by molar-refractivity contribution is 5.97. The van der Waals surface area contributed by atoms with Crippen LogP contribution >= 0.6 is 0 Å². The average molecular weight is 612 g/mol. The molecule has 44 heavy (non-hydrogen) atoms. The van der Waals surface area contributed by atoms with Crippen molar-refractivity contribution in [3.63, 3.8) is 0 Å². The summed E-state index contributed by atoms with van der Waals surface area (Å²) in [6.45, 7) is 3.18. The minimum atomic E-state index is -1.18. The van der Waals surface area contributed by atoms with Crippen LogP contribution in [0.15, 0.2) is 47.0 Å². The van der Waals surface area contributed by atoms with Crippen molar-refractivity contribution in [2.45, 2.75) is 76.1 Å². The van der Waals surface area contributed by atoms with Gasteiger partial charge in [-0.25, -0.2) is 4.39 Å². The van der Waals surface area contributed by atoms with E-state index in [-0.39, 0.29) is 43.4 Å². The second kappa shape index (κ2) is 15.9. The normalized spacial score (nSPS) is 24.3. The number of carbonyl (C=O) groups excluding carboxylic acids is 5. The second-order valence-corrected chi connectivity index (χ2v) is 11.0. The van der Waals surface area contributed by atoms with Crippen LogP contribution in [0.1, 0.15) is 60.3 Å². The Morgan fingerprint density at radius 1 is 1.14 bits per heavy atom. The zero-order valence-electron chi connectivity index (χ0n) is 24.6. The van der Waals surface area contributed by atoms with Crippen LogP contribution in [0.2, 0.25) is 0 Å². The Balaban J connectivity index is 1.56. The quantitative estimate of drug-likeness (QED) is 0.341. The maximum Gasteiger partial charge on any atom is 0.274 e. The molecule has 4 amide bonds. The van der Waals surface area contributed by atoms with E-state index < -0.39 is 41.7 Å². The third kappa shape index (κ3) is 9.56. The molecule has 4 atom stereocenters. The first-order chi connectivity index (χ1) is 21.2. The molecule has 1 fully saturated rings. The van der Waals surface area contributed by atoms with Crippen molar-refractivity contribution in [2.75, 3.05) is 19.7 Å². The van der Waals surface area contributed by atoms with Crippen LogP contribution in [0, 0.1) is 12.7 Å². The lowest BCUT2D eigenvalue weighted by Gasteiger charge is -2.24. The fraction of sp³-hybridized carbons (Fsp3) is 0.484. The summed E-state index contributed by atoms with van der Waals surface area (Å²) < 4.78 is 24.5. The molecular formula is C31H38FN5O7. The van der Waals surface area contributed by atoms with Gasteiger partial charge in [0, 0.05) is 38.6 Å². The Morgan fingerprint density at radius 2 is 1.93 bits per heavy atom. The molecule has 4 rings (SSSR count). The molecule has 2 bridgehead atoms. The third-order valence-electron chi connectivity index (χ3n) is 7.53. The summed E-state index contributed by atoms with van der Waals surface area (Å²) in [5, 5.41) is 11.7. The van der Waals surface area contributed by atoms with Gasteiger partial charge in [0.05, 0.1) is 12.1 Å². The summed E-state index contributed by atoms with van der Waals surface area (Å²) in [4.78, 5) is 66.2. The molecule has 3 heterocycles. The summed E-state index contributed by atoms with van der Waals surface area (Å²) in [5.41, 5.74) is 0.556. The molecule has 0 spiro atoms. The van der Waals surface area contributed by atoms with Gasteiger partial charge in [-0.2, -0.15) is 0 Å². The van der Waals surface area contributed by atoms with E-state index in [0.29, 0.717) is 43.7 Å². The van der Waals surface area contributed by atoms with Crippen LogP contribution in [0.3, 0.4) is 0 Å². The van der Waals surface area contributed by atoms with E-state index >= 15 is 0 Å². The zero-order valence-corrected chi connectivity index (χ0v) is 24.6. The number of ether oxygens (including phenoxy) is 1. The molecular weight excluding hydrogens is 573 g/mol. The molecule has 1 saturated heterocycles. The van der Waals surface area contributed by atoms with E-state index in [2.05, 4.69) is 21.1 Å². The van der Waals surface area contributed by atoms with Gasteiger partial charge in [0.1, 0.15) is 29.9 Å². The van der Waals surface area contributed by atoms with Crippen LogP contribution in [-0.4, -0.2) is 83.9 Å². The number of halogens is 1. The van der Waals surface area contributed by atoms with Gasteiger partial charge < -0.3 is 34.9 Å². The average Bonchev–Trinajstić information content (AvgIpc) is 3.67. The van der Waals surface area contributed by atoms with Gasteiger partial charge in [-0.15, -0.1) is 0 Å². The van der Waals surface area contributed by atoms with Gasteiger partial charge in [-0.1, -0.05) is 29.4 Å². The highest BCUT2D eigenvalue weighted by Gasteiger charge is 2.30. The van der Waals surface area contributed by atoms with Gasteiger partial charge in [-0.3, -0.25) is 19.2 Å². The molecule has 3 N–H and O–H groups in total. The van der Waals surface area contributed by atoms with Crippen molar-refractivity contribution in [2.24, 2.45) is 0 Å². The maximum absolute atomic E-state index is 13.6. The summed E-state index contributed by atoms with van der Waals surface area (Å²) in [7, 11) is 0. The Hall–Kier alpha value is -4.39. The summed E-state index contributed by atoms with van der Waals surface area (Å²) in [6, 6.07) is 3.66. The molecule has 2 aromatic rings. The maximum atomic E-state index is 13.6. The minimum Gasteiger partial charge on any atom is -0.376 e.